The van der Waals surface area contributed by atoms with Crippen molar-refractivity contribution >= 4 is 61.9 Å². The predicted octanol–water partition coefficient (Wildman–Crippen LogP) is 2.80. The number of thiocarbonyl (C=S) groups is 1. The number of aryl methyl sites for hydroxylation is 1. The Morgan fingerprint density at radius 3 is 2.26 bits per heavy atom. The minimum absolute atomic E-state index is 0.0126. The highest BCUT2D eigenvalue weighted by atomic mass is 79.9. The molecule has 0 saturated carbocycles. The van der Waals surface area contributed by atoms with E-state index >= 15 is 0 Å². The topological polar surface area (TPSA) is 82.5 Å². The molecule has 0 aromatic heterocycles. The van der Waals surface area contributed by atoms with Crippen molar-refractivity contribution in [2.75, 3.05) is 64.2 Å². The van der Waals surface area contributed by atoms with Crippen LogP contribution in [0.4, 0.5) is 5.69 Å². The average molecular weight is 534 g/mol. The number of amides is 1. The number of hydrogen-bond donors (Lipinski definition) is 2. The van der Waals surface area contributed by atoms with E-state index in [0.717, 1.165) is 21.3 Å². The molecule has 1 aromatic carbocycles. The zero-order valence-corrected chi connectivity index (χ0v) is 21.0. The molecule has 0 bridgehead atoms. The van der Waals surface area contributed by atoms with Gasteiger partial charge in [-0.1, -0.05) is 24.0 Å². The molecule has 1 aliphatic heterocycles. The van der Waals surface area contributed by atoms with Crippen molar-refractivity contribution in [3.05, 3.63) is 32.6 Å². The maximum Gasteiger partial charge on any atom is 0.266 e. The number of carbonyl (C=O) groups excluding carboxylic acids is 1. The molecule has 10 heteroatoms. The Balaban J connectivity index is 2.22. The number of benzene rings is 1. The number of thioether (sulfide) groups is 1. The molecular formula is C21H29BrN2O5S2. The van der Waals surface area contributed by atoms with Crippen LogP contribution in [0.3, 0.4) is 0 Å². The summed E-state index contributed by atoms with van der Waals surface area (Å²) in [5.74, 6) is -0.0564. The highest BCUT2D eigenvalue weighted by Gasteiger charge is 2.30. The number of carbonyl (C=O) groups is 1. The van der Waals surface area contributed by atoms with Crippen LogP contribution in [0, 0.1) is 6.92 Å². The summed E-state index contributed by atoms with van der Waals surface area (Å²) in [5, 5.41) is 17.8. The number of rotatable bonds is 13. The lowest BCUT2D eigenvalue weighted by Crippen LogP contribution is -2.32. The lowest BCUT2D eigenvalue weighted by Gasteiger charge is -2.28. The summed E-state index contributed by atoms with van der Waals surface area (Å²) in [7, 11) is 0. The van der Waals surface area contributed by atoms with Gasteiger partial charge in [0.2, 0.25) is 0 Å². The molecule has 2 N–H and O–H groups in total. The van der Waals surface area contributed by atoms with Crippen molar-refractivity contribution in [2.24, 2.45) is 0 Å². The molecule has 0 radical (unpaired) electrons. The van der Waals surface area contributed by atoms with E-state index in [0.29, 0.717) is 55.3 Å². The number of anilines is 1. The van der Waals surface area contributed by atoms with E-state index in [1.54, 1.807) is 4.90 Å². The Morgan fingerprint density at radius 2 is 1.77 bits per heavy atom. The molecule has 7 nitrogen and oxygen atoms in total. The number of likely N-dealkylation sites (N-methyl/N-ethyl adjacent to an activating group) is 1. The Bertz CT molecular complexity index is 771. The van der Waals surface area contributed by atoms with Gasteiger partial charge in [0.15, 0.2) is 0 Å². The summed E-state index contributed by atoms with van der Waals surface area (Å²) in [6.45, 7) is 7.23. The fraction of sp³-hybridized carbons (Fsp3) is 0.524. The van der Waals surface area contributed by atoms with Gasteiger partial charge in [-0.15, -0.1) is 0 Å². The molecule has 0 aliphatic carbocycles. The molecule has 0 unspecified atom stereocenters. The minimum Gasteiger partial charge on any atom is -0.394 e. The Hall–Kier alpha value is -1.01. The summed E-state index contributed by atoms with van der Waals surface area (Å²) in [4.78, 5) is 16.9. The predicted molar refractivity (Wildman–Crippen MR) is 132 cm³/mol. The molecule has 2 rings (SSSR count). The van der Waals surface area contributed by atoms with Crippen LogP contribution in [-0.2, 0) is 14.3 Å². The van der Waals surface area contributed by atoms with Gasteiger partial charge in [0.1, 0.15) is 4.32 Å². The van der Waals surface area contributed by atoms with Crippen LogP contribution >= 0.6 is 39.9 Å². The third-order valence-corrected chi connectivity index (χ3v) is 6.54. The third kappa shape index (κ3) is 7.52. The first-order valence-electron chi connectivity index (χ1n) is 10.1. The van der Waals surface area contributed by atoms with E-state index in [1.165, 1.54) is 11.8 Å². The second-order valence-corrected chi connectivity index (χ2v) is 9.28. The third-order valence-electron chi connectivity index (χ3n) is 4.56. The number of aliphatic hydroxyl groups excluding tert-OH is 2. The van der Waals surface area contributed by atoms with Crippen LogP contribution in [0.25, 0.3) is 6.08 Å². The van der Waals surface area contributed by atoms with E-state index in [9.17, 15) is 4.79 Å². The van der Waals surface area contributed by atoms with Crippen LogP contribution in [-0.4, -0.2) is 84.6 Å². The van der Waals surface area contributed by atoms with Crippen molar-refractivity contribution in [1.29, 1.82) is 0 Å². The first-order valence-corrected chi connectivity index (χ1v) is 12.1. The maximum atomic E-state index is 12.5. The second-order valence-electron chi connectivity index (χ2n) is 6.75. The minimum atomic E-state index is -0.0564. The zero-order valence-electron chi connectivity index (χ0n) is 17.8. The summed E-state index contributed by atoms with van der Waals surface area (Å²) in [6.07, 6.45) is 1.87. The van der Waals surface area contributed by atoms with Gasteiger partial charge < -0.3 is 24.6 Å². The van der Waals surface area contributed by atoms with Gasteiger partial charge in [-0.05, 0) is 59.1 Å². The van der Waals surface area contributed by atoms with E-state index in [-0.39, 0.29) is 19.1 Å². The van der Waals surface area contributed by atoms with Crippen LogP contribution < -0.4 is 4.90 Å². The lowest BCUT2D eigenvalue weighted by atomic mass is 10.1. The van der Waals surface area contributed by atoms with Gasteiger partial charge in [-0.25, -0.2) is 0 Å². The normalized spacial score (nSPS) is 15.4. The molecule has 1 fully saturated rings. The quantitative estimate of drug-likeness (QED) is 0.228. The van der Waals surface area contributed by atoms with Crippen molar-refractivity contribution < 1.29 is 24.5 Å². The molecule has 1 aromatic rings. The molecule has 1 amide bonds. The average Bonchev–Trinajstić information content (AvgIpc) is 2.99. The SMILES string of the molecule is CCN1C(=O)C(=Cc2cc(C)c(N(CCOCCO)CCOCCO)c(Br)c2)SC1=S. The highest BCUT2D eigenvalue weighted by Crippen LogP contribution is 2.35. The molecule has 0 atom stereocenters. The van der Waals surface area contributed by atoms with Gasteiger partial charge in [-0.3, -0.25) is 9.69 Å². The fourth-order valence-corrected chi connectivity index (χ4v) is 5.40. The fourth-order valence-electron chi connectivity index (χ4n) is 3.19. The smallest absolute Gasteiger partial charge is 0.266 e. The van der Waals surface area contributed by atoms with Crippen molar-refractivity contribution in [1.82, 2.24) is 4.90 Å². The first kappa shape index (κ1) is 26.2. The number of hydrogen-bond acceptors (Lipinski definition) is 8. The number of ether oxygens (including phenoxy) is 2. The number of aliphatic hydroxyl groups is 2. The largest absolute Gasteiger partial charge is 0.394 e. The molecule has 31 heavy (non-hydrogen) atoms. The molecule has 1 saturated heterocycles. The molecule has 172 valence electrons. The van der Waals surface area contributed by atoms with Gasteiger partial charge in [0, 0.05) is 24.1 Å². The van der Waals surface area contributed by atoms with Gasteiger partial charge in [-0.2, -0.15) is 0 Å². The van der Waals surface area contributed by atoms with Gasteiger partial charge in [0.05, 0.1) is 50.2 Å². The number of halogens is 1. The molecular weight excluding hydrogens is 504 g/mol. The van der Waals surface area contributed by atoms with Gasteiger partial charge >= 0.3 is 0 Å². The Labute approximate surface area is 201 Å². The first-order chi connectivity index (χ1) is 14.9. The van der Waals surface area contributed by atoms with Crippen LogP contribution in [0.2, 0.25) is 0 Å². The maximum absolute atomic E-state index is 12.5. The van der Waals surface area contributed by atoms with E-state index < -0.39 is 0 Å². The lowest BCUT2D eigenvalue weighted by molar-refractivity contribution is -0.121. The monoisotopic (exact) mass is 532 g/mol. The zero-order chi connectivity index (χ0) is 22.8. The molecule has 0 spiro atoms. The summed E-state index contributed by atoms with van der Waals surface area (Å²) in [6, 6.07) is 4.02. The van der Waals surface area contributed by atoms with E-state index in [1.807, 2.05) is 32.1 Å². The van der Waals surface area contributed by atoms with Crippen molar-refractivity contribution in [3.8, 4) is 0 Å². The standard InChI is InChI=1S/C21H29BrN2O5S2/c1-3-24-20(27)18(31-21(24)30)14-16-12-15(2)19(17(22)13-16)23(4-8-28-10-6-25)5-9-29-11-7-26/h12-14,25-26H,3-11H2,1-2H3. The Morgan fingerprint density at radius 1 is 1.16 bits per heavy atom. The summed E-state index contributed by atoms with van der Waals surface area (Å²) in [5.41, 5.74) is 2.96. The van der Waals surface area contributed by atoms with Crippen LogP contribution in [0.15, 0.2) is 21.5 Å². The van der Waals surface area contributed by atoms with Crippen LogP contribution in [0.1, 0.15) is 18.1 Å². The molecule has 1 heterocycles. The van der Waals surface area contributed by atoms with E-state index in [4.69, 9.17) is 31.9 Å². The van der Waals surface area contributed by atoms with E-state index in [2.05, 4.69) is 20.8 Å². The van der Waals surface area contributed by atoms with Gasteiger partial charge in [0.25, 0.3) is 5.91 Å². The highest BCUT2D eigenvalue weighted by molar-refractivity contribution is 9.10. The summed E-state index contributed by atoms with van der Waals surface area (Å²) < 4.78 is 12.4. The Kier molecular flexibility index (Phi) is 11.4. The van der Waals surface area contributed by atoms with Crippen molar-refractivity contribution in [3.63, 3.8) is 0 Å². The van der Waals surface area contributed by atoms with Crippen molar-refractivity contribution in [2.45, 2.75) is 13.8 Å². The summed E-state index contributed by atoms with van der Waals surface area (Å²) >= 11 is 10.3. The second kappa shape index (κ2) is 13.5. The molecule has 1 aliphatic rings. The van der Waals surface area contributed by atoms with Crippen LogP contribution in [0.5, 0.6) is 0 Å². The number of nitrogens with zero attached hydrogens (tertiary/aromatic N) is 2.